The first-order valence-corrected chi connectivity index (χ1v) is 14.8. The molecule has 2 aliphatic rings. The third kappa shape index (κ3) is 5.70. The highest BCUT2D eigenvalue weighted by Gasteiger charge is 2.36. The van der Waals surface area contributed by atoms with Gasteiger partial charge in [0.05, 0.1) is 0 Å². The number of carbonyl (C=O) groups is 1. The number of hydrogen-bond donors (Lipinski definition) is 2. The fraction of sp³-hybridized carbons (Fsp3) is 0.478. The first-order valence-electron chi connectivity index (χ1n) is 11.9. The number of aromatic nitrogens is 1. The second-order valence-electron chi connectivity index (χ2n) is 9.02. The number of nitrogens with zero attached hydrogens (tertiary/aromatic N) is 4. The zero-order valence-corrected chi connectivity index (χ0v) is 21.8. The highest BCUT2D eigenvalue weighted by atomic mass is 32.2. The number of nitrogens with two attached hydrogens (primary N) is 1. The number of likely N-dealkylation sites (tertiary alicyclic amines) is 1. The highest BCUT2D eigenvalue weighted by molar-refractivity contribution is 7.92. The van der Waals surface area contributed by atoms with Crippen molar-refractivity contribution in [3.05, 3.63) is 48.2 Å². The summed E-state index contributed by atoms with van der Waals surface area (Å²) in [6.07, 6.45) is 3.18. The molecular formula is C23H32N6O5S2. The summed E-state index contributed by atoms with van der Waals surface area (Å²) in [7, 11) is -6.75. The third-order valence-corrected chi connectivity index (χ3v) is 10.3. The molecule has 11 nitrogen and oxygen atoms in total. The molecule has 2 aromatic rings. The van der Waals surface area contributed by atoms with Crippen molar-refractivity contribution in [2.45, 2.75) is 29.2 Å². The van der Waals surface area contributed by atoms with Crippen LogP contribution in [0.1, 0.15) is 18.4 Å². The summed E-state index contributed by atoms with van der Waals surface area (Å²) >= 11 is 0. The first kappa shape index (κ1) is 26.5. The molecular weight excluding hydrogens is 504 g/mol. The number of carbonyl (C=O) groups excluding carboxylic acids is 1. The van der Waals surface area contributed by atoms with Crippen molar-refractivity contribution in [3.63, 3.8) is 0 Å². The maximum atomic E-state index is 13.3. The van der Waals surface area contributed by atoms with Crippen LogP contribution < -0.4 is 10.5 Å². The summed E-state index contributed by atoms with van der Waals surface area (Å²) < 4.78 is 54.7. The number of hydrogen-bond acceptors (Lipinski definition) is 8. The molecule has 3 N–H and O–H groups in total. The SMILES string of the molecule is CNS(=O)(=O)c1ccccc1S(=O)(=O)N1CCN(C(=O)C2CCN(Cc3ccnc(N)c3)CC2)CC1. The number of nitrogen functional groups attached to an aromatic ring is 1. The molecule has 2 aliphatic heterocycles. The molecule has 0 aliphatic carbocycles. The van der Waals surface area contributed by atoms with E-state index in [-0.39, 0.29) is 47.8 Å². The molecule has 4 rings (SSSR count). The van der Waals surface area contributed by atoms with Gasteiger partial charge in [-0.15, -0.1) is 0 Å². The van der Waals surface area contributed by atoms with Crippen molar-refractivity contribution in [3.8, 4) is 0 Å². The highest BCUT2D eigenvalue weighted by Crippen LogP contribution is 2.26. The van der Waals surface area contributed by atoms with E-state index in [2.05, 4.69) is 14.6 Å². The Morgan fingerprint density at radius 1 is 1.00 bits per heavy atom. The molecule has 0 atom stereocenters. The lowest BCUT2D eigenvalue weighted by atomic mass is 9.94. The minimum atomic E-state index is -4.04. The zero-order valence-electron chi connectivity index (χ0n) is 20.2. The molecule has 0 radical (unpaired) electrons. The molecule has 0 spiro atoms. The van der Waals surface area contributed by atoms with Gasteiger partial charge in [-0.3, -0.25) is 9.69 Å². The van der Waals surface area contributed by atoms with Crippen molar-refractivity contribution >= 4 is 31.8 Å². The number of pyridine rings is 1. The lowest BCUT2D eigenvalue weighted by molar-refractivity contribution is -0.138. The molecule has 1 amide bonds. The predicted octanol–water partition coefficient (Wildman–Crippen LogP) is 0.317. The van der Waals surface area contributed by atoms with Crippen LogP contribution in [0.3, 0.4) is 0 Å². The summed E-state index contributed by atoms with van der Waals surface area (Å²) in [5.41, 5.74) is 6.85. The maximum absolute atomic E-state index is 13.3. The van der Waals surface area contributed by atoms with Crippen molar-refractivity contribution in [1.29, 1.82) is 0 Å². The monoisotopic (exact) mass is 536 g/mol. The summed E-state index contributed by atoms with van der Waals surface area (Å²) in [6, 6.07) is 9.35. The van der Waals surface area contributed by atoms with Gasteiger partial charge in [-0.05, 0) is 62.8 Å². The summed E-state index contributed by atoms with van der Waals surface area (Å²) in [5.74, 6) is 0.456. The number of sulfonamides is 2. The van der Waals surface area contributed by atoms with Gasteiger partial charge >= 0.3 is 0 Å². The summed E-state index contributed by atoms with van der Waals surface area (Å²) in [6.45, 7) is 3.13. The standard InChI is InChI=1S/C23H32N6O5S2/c1-25-35(31,32)20-4-2-3-5-21(20)36(33,34)29-14-12-28(13-15-29)23(30)19-7-10-27(11-8-19)17-18-6-9-26-22(24)16-18/h2-6,9,16,19,25H,7-8,10-15,17H2,1H3,(H2,24,26). The second kappa shape index (κ2) is 10.8. The van der Waals surface area contributed by atoms with E-state index in [1.54, 1.807) is 11.1 Å². The van der Waals surface area contributed by atoms with Gasteiger partial charge in [0, 0.05) is 44.8 Å². The number of benzene rings is 1. The van der Waals surface area contributed by atoms with Gasteiger partial charge in [0.1, 0.15) is 15.6 Å². The quantitative estimate of drug-likeness (QED) is 0.514. The van der Waals surface area contributed by atoms with Crippen LogP contribution in [0.25, 0.3) is 0 Å². The van der Waals surface area contributed by atoms with Gasteiger partial charge < -0.3 is 10.6 Å². The number of nitrogens with one attached hydrogen (secondary N) is 1. The Morgan fingerprint density at radius 2 is 1.64 bits per heavy atom. The number of piperidine rings is 1. The average molecular weight is 537 g/mol. The molecule has 1 aromatic heterocycles. The lowest BCUT2D eigenvalue weighted by Gasteiger charge is -2.38. The van der Waals surface area contributed by atoms with E-state index in [9.17, 15) is 21.6 Å². The van der Waals surface area contributed by atoms with Crippen LogP contribution in [0.2, 0.25) is 0 Å². The largest absolute Gasteiger partial charge is 0.384 e. The third-order valence-electron chi connectivity index (χ3n) is 6.76. The zero-order chi connectivity index (χ0) is 25.9. The van der Waals surface area contributed by atoms with E-state index >= 15 is 0 Å². The fourth-order valence-corrected chi connectivity index (χ4v) is 7.68. The van der Waals surface area contributed by atoms with Gasteiger partial charge in [0.2, 0.25) is 26.0 Å². The predicted molar refractivity (Wildman–Crippen MR) is 135 cm³/mol. The van der Waals surface area contributed by atoms with Crippen LogP contribution in [-0.2, 0) is 31.4 Å². The van der Waals surface area contributed by atoms with E-state index in [1.807, 2.05) is 12.1 Å². The topological polar surface area (TPSA) is 146 Å². The Morgan fingerprint density at radius 3 is 2.25 bits per heavy atom. The Labute approximate surface area is 212 Å². The normalized spacial score (nSPS) is 18.9. The van der Waals surface area contributed by atoms with Crippen LogP contribution in [-0.4, -0.2) is 88.1 Å². The number of rotatable bonds is 7. The first-order chi connectivity index (χ1) is 17.1. The van der Waals surface area contributed by atoms with Gasteiger partial charge in [0.25, 0.3) is 0 Å². The molecule has 0 bridgehead atoms. The van der Waals surface area contributed by atoms with E-state index in [0.29, 0.717) is 5.82 Å². The Kier molecular flexibility index (Phi) is 7.95. The maximum Gasteiger partial charge on any atom is 0.244 e. The number of amides is 1. The van der Waals surface area contributed by atoms with Gasteiger partial charge in [-0.1, -0.05) is 12.1 Å². The summed E-state index contributed by atoms with van der Waals surface area (Å²) in [4.78, 5) is 20.6. The Balaban J connectivity index is 1.33. The molecule has 196 valence electrons. The van der Waals surface area contributed by atoms with Crippen LogP contribution in [0, 0.1) is 5.92 Å². The molecule has 0 unspecified atom stereocenters. The van der Waals surface area contributed by atoms with Crippen molar-refractivity contribution in [1.82, 2.24) is 23.8 Å². The summed E-state index contributed by atoms with van der Waals surface area (Å²) in [5, 5.41) is 0. The van der Waals surface area contributed by atoms with E-state index in [0.717, 1.165) is 38.0 Å². The Bertz CT molecular complexity index is 1300. The van der Waals surface area contributed by atoms with Crippen molar-refractivity contribution in [2.75, 3.05) is 52.0 Å². The van der Waals surface area contributed by atoms with Crippen molar-refractivity contribution in [2.24, 2.45) is 5.92 Å². The van der Waals surface area contributed by atoms with Gasteiger partial charge in [-0.2, -0.15) is 4.31 Å². The molecule has 0 saturated carbocycles. The second-order valence-corrected chi connectivity index (χ2v) is 12.8. The van der Waals surface area contributed by atoms with Crippen molar-refractivity contribution < 1.29 is 21.6 Å². The molecule has 2 fully saturated rings. The molecule has 2 saturated heterocycles. The van der Waals surface area contributed by atoms with Crippen LogP contribution in [0.15, 0.2) is 52.4 Å². The van der Waals surface area contributed by atoms with Crippen LogP contribution in [0.5, 0.6) is 0 Å². The van der Waals surface area contributed by atoms with Crippen LogP contribution in [0.4, 0.5) is 5.82 Å². The average Bonchev–Trinajstić information content (AvgIpc) is 2.89. The van der Waals surface area contributed by atoms with Gasteiger partial charge in [0.15, 0.2) is 0 Å². The molecule has 3 heterocycles. The smallest absolute Gasteiger partial charge is 0.244 e. The van der Waals surface area contributed by atoms with E-state index in [4.69, 9.17) is 5.73 Å². The van der Waals surface area contributed by atoms with E-state index in [1.165, 1.54) is 35.6 Å². The molecule has 13 heteroatoms. The molecule has 36 heavy (non-hydrogen) atoms. The Hall–Kier alpha value is -2.58. The fourth-order valence-electron chi connectivity index (χ4n) is 4.73. The van der Waals surface area contributed by atoms with E-state index < -0.39 is 20.0 Å². The minimum absolute atomic E-state index is 0.0537. The number of anilines is 1. The lowest BCUT2D eigenvalue weighted by Crippen LogP contribution is -2.53. The van der Waals surface area contributed by atoms with Gasteiger partial charge in [-0.25, -0.2) is 26.5 Å². The number of piperazine rings is 1. The minimum Gasteiger partial charge on any atom is -0.384 e. The molecule has 1 aromatic carbocycles. The van der Waals surface area contributed by atoms with Crippen LogP contribution >= 0.6 is 0 Å².